The second-order valence-electron chi connectivity index (χ2n) is 6.76. The molecule has 0 saturated carbocycles. The van der Waals surface area contributed by atoms with Crippen LogP contribution in [0.3, 0.4) is 0 Å². The first-order chi connectivity index (χ1) is 13.2. The van der Waals surface area contributed by atoms with Gasteiger partial charge in [-0.3, -0.25) is 4.79 Å². The number of carbonyl (C=O) groups excluding carboxylic acids is 1. The highest BCUT2D eigenvalue weighted by molar-refractivity contribution is 6.01. The number of ether oxygens (including phenoxy) is 2. The van der Waals surface area contributed by atoms with Gasteiger partial charge in [0.05, 0.1) is 11.3 Å². The maximum absolute atomic E-state index is 13.3. The Hall–Kier alpha value is -3.41. The standard InChI is InChI=1S/C21H19N3O3/c1-23-10-4-7-17(23)20-22-16-6-3-2-5-15(16)21(25)24(20)12-14-8-9-18-19(11-14)27-13-26-18/h2-11,20,22H,12-13H2,1H3/t20-/m0/s1. The van der Waals surface area contributed by atoms with Crippen molar-refractivity contribution < 1.29 is 14.3 Å². The average molecular weight is 361 g/mol. The molecule has 3 aromatic rings. The molecule has 1 atom stereocenters. The number of nitrogens with one attached hydrogen (secondary N) is 1. The minimum atomic E-state index is -0.252. The molecule has 0 unspecified atom stereocenters. The van der Waals surface area contributed by atoms with Crippen LogP contribution in [0.1, 0.15) is 27.8 Å². The van der Waals surface area contributed by atoms with E-state index in [0.29, 0.717) is 12.1 Å². The SMILES string of the molecule is Cn1cccc1[C@H]1Nc2ccccc2C(=O)N1Cc1ccc2c(c1)OCO2. The maximum Gasteiger partial charge on any atom is 0.258 e. The molecule has 136 valence electrons. The number of para-hydroxylation sites is 1. The molecule has 3 heterocycles. The molecule has 1 N–H and O–H groups in total. The van der Waals surface area contributed by atoms with Crippen molar-refractivity contribution in [3.05, 3.63) is 77.6 Å². The summed E-state index contributed by atoms with van der Waals surface area (Å²) in [6.45, 7) is 0.703. The van der Waals surface area contributed by atoms with E-state index in [1.54, 1.807) is 0 Å². The summed E-state index contributed by atoms with van der Waals surface area (Å²) in [4.78, 5) is 15.1. The van der Waals surface area contributed by atoms with E-state index < -0.39 is 0 Å². The number of aromatic nitrogens is 1. The summed E-state index contributed by atoms with van der Waals surface area (Å²) >= 11 is 0. The zero-order valence-electron chi connectivity index (χ0n) is 14.9. The van der Waals surface area contributed by atoms with E-state index in [0.717, 1.165) is 28.4 Å². The molecule has 0 bridgehead atoms. The van der Waals surface area contributed by atoms with Gasteiger partial charge in [-0.05, 0) is 42.0 Å². The minimum absolute atomic E-state index is 0.00761. The molecule has 5 rings (SSSR count). The Balaban J connectivity index is 1.54. The highest BCUT2D eigenvalue weighted by atomic mass is 16.7. The van der Waals surface area contributed by atoms with Crippen LogP contribution in [0.4, 0.5) is 5.69 Å². The number of benzene rings is 2. The van der Waals surface area contributed by atoms with E-state index in [4.69, 9.17) is 9.47 Å². The van der Waals surface area contributed by atoms with Gasteiger partial charge >= 0.3 is 0 Å². The summed E-state index contributed by atoms with van der Waals surface area (Å²) in [5, 5.41) is 3.52. The summed E-state index contributed by atoms with van der Waals surface area (Å²) in [7, 11) is 1.99. The van der Waals surface area contributed by atoms with Crippen LogP contribution in [-0.4, -0.2) is 22.2 Å². The van der Waals surface area contributed by atoms with E-state index in [-0.39, 0.29) is 18.9 Å². The van der Waals surface area contributed by atoms with Crippen molar-refractivity contribution in [2.45, 2.75) is 12.7 Å². The second-order valence-corrected chi connectivity index (χ2v) is 6.76. The highest BCUT2D eigenvalue weighted by Gasteiger charge is 2.34. The predicted molar refractivity (Wildman–Crippen MR) is 101 cm³/mol. The van der Waals surface area contributed by atoms with Gasteiger partial charge in [0.15, 0.2) is 11.5 Å². The Bertz CT molecular complexity index is 1030. The van der Waals surface area contributed by atoms with Crippen molar-refractivity contribution >= 4 is 11.6 Å². The number of hydrogen-bond acceptors (Lipinski definition) is 4. The van der Waals surface area contributed by atoms with E-state index in [2.05, 4.69) is 5.32 Å². The molecule has 6 nitrogen and oxygen atoms in total. The smallest absolute Gasteiger partial charge is 0.258 e. The third kappa shape index (κ3) is 2.61. The second kappa shape index (κ2) is 6.09. The molecule has 2 aromatic carbocycles. The molecule has 1 aromatic heterocycles. The van der Waals surface area contributed by atoms with Crippen molar-refractivity contribution in [2.24, 2.45) is 7.05 Å². The lowest BCUT2D eigenvalue weighted by Gasteiger charge is -2.38. The molecule has 6 heteroatoms. The molecular weight excluding hydrogens is 342 g/mol. The summed E-state index contributed by atoms with van der Waals surface area (Å²) in [5.41, 5.74) is 3.56. The minimum Gasteiger partial charge on any atom is -0.454 e. The zero-order valence-corrected chi connectivity index (χ0v) is 14.9. The molecule has 0 saturated heterocycles. The van der Waals surface area contributed by atoms with E-state index in [1.807, 2.05) is 77.3 Å². The van der Waals surface area contributed by atoms with E-state index in [9.17, 15) is 4.79 Å². The Morgan fingerprint density at radius 1 is 1.07 bits per heavy atom. The zero-order chi connectivity index (χ0) is 18.4. The number of fused-ring (bicyclic) bond motifs is 2. The molecular formula is C21H19N3O3. The first-order valence-corrected chi connectivity index (χ1v) is 8.87. The lowest BCUT2D eigenvalue weighted by atomic mass is 10.0. The largest absolute Gasteiger partial charge is 0.454 e. The topological polar surface area (TPSA) is 55.7 Å². The predicted octanol–water partition coefficient (Wildman–Crippen LogP) is 3.52. The Morgan fingerprint density at radius 3 is 2.78 bits per heavy atom. The Labute approximate surface area is 156 Å². The lowest BCUT2D eigenvalue weighted by molar-refractivity contribution is 0.0660. The molecule has 0 radical (unpaired) electrons. The van der Waals surface area contributed by atoms with Crippen LogP contribution in [-0.2, 0) is 13.6 Å². The molecule has 0 aliphatic carbocycles. The quantitative estimate of drug-likeness (QED) is 0.776. The van der Waals surface area contributed by atoms with Crippen LogP contribution in [0.15, 0.2) is 60.8 Å². The van der Waals surface area contributed by atoms with Crippen molar-refractivity contribution in [2.75, 3.05) is 12.1 Å². The average Bonchev–Trinajstić information content (AvgIpc) is 3.32. The van der Waals surface area contributed by atoms with Crippen LogP contribution < -0.4 is 14.8 Å². The monoisotopic (exact) mass is 361 g/mol. The molecule has 0 spiro atoms. The fourth-order valence-corrected chi connectivity index (χ4v) is 3.68. The fourth-order valence-electron chi connectivity index (χ4n) is 3.68. The molecule has 2 aliphatic rings. The van der Waals surface area contributed by atoms with Crippen LogP contribution >= 0.6 is 0 Å². The number of anilines is 1. The van der Waals surface area contributed by atoms with Crippen LogP contribution in [0.25, 0.3) is 0 Å². The maximum atomic E-state index is 13.3. The molecule has 27 heavy (non-hydrogen) atoms. The number of hydrogen-bond donors (Lipinski definition) is 1. The third-order valence-electron chi connectivity index (χ3n) is 5.08. The van der Waals surface area contributed by atoms with Crippen molar-refractivity contribution in [1.29, 1.82) is 0 Å². The summed E-state index contributed by atoms with van der Waals surface area (Å²) in [5.74, 6) is 1.47. The van der Waals surface area contributed by atoms with Gasteiger partial charge in [-0.1, -0.05) is 18.2 Å². The number of nitrogens with zero attached hydrogens (tertiary/aromatic N) is 2. The van der Waals surface area contributed by atoms with E-state index in [1.165, 1.54) is 0 Å². The summed E-state index contributed by atoms with van der Waals surface area (Å²) < 4.78 is 12.9. The van der Waals surface area contributed by atoms with E-state index >= 15 is 0 Å². The Kier molecular flexibility index (Phi) is 3.57. The van der Waals surface area contributed by atoms with Gasteiger partial charge in [0.25, 0.3) is 5.91 Å². The molecule has 0 fully saturated rings. The van der Waals surface area contributed by atoms with Crippen LogP contribution in [0, 0.1) is 0 Å². The summed E-state index contributed by atoms with van der Waals surface area (Å²) in [6.07, 6.45) is 1.73. The van der Waals surface area contributed by atoms with Gasteiger partial charge < -0.3 is 24.3 Å². The number of amides is 1. The highest BCUT2D eigenvalue weighted by Crippen LogP contribution is 2.36. The Morgan fingerprint density at radius 2 is 1.93 bits per heavy atom. The van der Waals surface area contributed by atoms with Crippen molar-refractivity contribution in [3.63, 3.8) is 0 Å². The summed E-state index contributed by atoms with van der Waals surface area (Å²) in [6, 6.07) is 17.5. The van der Waals surface area contributed by atoms with Gasteiger partial charge in [-0.2, -0.15) is 0 Å². The van der Waals surface area contributed by atoms with Gasteiger partial charge in [0, 0.05) is 25.5 Å². The first kappa shape index (κ1) is 15.8. The normalized spacial score (nSPS) is 17.6. The fraction of sp³-hybridized carbons (Fsp3) is 0.190. The number of carbonyl (C=O) groups is 1. The van der Waals surface area contributed by atoms with Gasteiger partial charge in [-0.25, -0.2) is 0 Å². The lowest BCUT2D eigenvalue weighted by Crippen LogP contribution is -2.43. The first-order valence-electron chi connectivity index (χ1n) is 8.87. The molecule has 1 amide bonds. The van der Waals surface area contributed by atoms with Crippen LogP contribution in [0.5, 0.6) is 11.5 Å². The number of aryl methyl sites for hydroxylation is 1. The van der Waals surface area contributed by atoms with Gasteiger partial charge in [0.2, 0.25) is 6.79 Å². The number of rotatable bonds is 3. The van der Waals surface area contributed by atoms with Crippen molar-refractivity contribution in [3.8, 4) is 11.5 Å². The van der Waals surface area contributed by atoms with Crippen LogP contribution in [0.2, 0.25) is 0 Å². The van der Waals surface area contributed by atoms with Crippen molar-refractivity contribution in [1.82, 2.24) is 9.47 Å². The molecule has 2 aliphatic heterocycles. The van der Waals surface area contributed by atoms with Gasteiger partial charge in [0.1, 0.15) is 6.17 Å². The van der Waals surface area contributed by atoms with Gasteiger partial charge in [-0.15, -0.1) is 0 Å². The third-order valence-corrected chi connectivity index (χ3v) is 5.08.